The molecule has 0 aliphatic carbocycles. The molecule has 1 atom stereocenters. The summed E-state index contributed by atoms with van der Waals surface area (Å²) >= 11 is 5.03. The Bertz CT molecular complexity index is 464. The first-order chi connectivity index (χ1) is 8.97. The van der Waals surface area contributed by atoms with Crippen LogP contribution in [0, 0.1) is 20.8 Å². The molecule has 1 fully saturated rings. The molecular weight excluding hydrogens is 256 g/mol. The maximum Gasteiger partial charge on any atom is 0.120 e. The number of rotatable bonds is 3. The first-order valence-electron chi connectivity index (χ1n) is 6.67. The standard InChI is InChI=1S/C15H22N2OS/c1-10-6-11(2)13(12(3)7-10)8-17-4-5-18-14(9-17)15(16)19/h6-7,14H,4-5,8-9H2,1-3H3,(H2,16,19). The van der Waals surface area contributed by atoms with Gasteiger partial charge in [0.15, 0.2) is 0 Å². The molecule has 0 bridgehead atoms. The molecule has 104 valence electrons. The molecule has 1 heterocycles. The van der Waals surface area contributed by atoms with E-state index in [1.54, 1.807) is 0 Å². The van der Waals surface area contributed by atoms with Crippen molar-refractivity contribution >= 4 is 17.2 Å². The molecule has 0 spiro atoms. The molecule has 0 radical (unpaired) electrons. The van der Waals surface area contributed by atoms with Gasteiger partial charge in [-0.05, 0) is 37.5 Å². The van der Waals surface area contributed by atoms with E-state index in [9.17, 15) is 0 Å². The van der Waals surface area contributed by atoms with Gasteiger partial charge in [0.2, 0.25) is 0 Å². The third-order valence-corrected chi connectivity index (χ3v) is 3.95. The van der Waals surface area contributed by atoms with Crippen molar-refractivity contribution in [2.45, 2.75) is 33.4 Å². The average Bonchev–Trinajstić information content (AvgIpc) is 2.34. The smallest absolute Gasteiger partial charge is 0.120 e. The van der Waals surface area contributed by atoms with Gasteiger partial charge in [-0.2, -0.15) is 0 Å². The van der Waals surface area contributed by atoms with Gasteiger partial charge >= 0.3 is 0 Å². The lowest BCUT2D eigenvalue weighted by molar-refractivity contribution is 0.00377. The van der Waals surface area contributed by atoms with E-state index in [0.717, 1.165) is 19.6 Å². The Morgan fingerprint density at radius 2 is 2.00 bits per heavy atom. The Balaban J connectivity index is 2.11. The Morgan fingerprint density at radius 1 is 1.37 bits per heavy atom. The van der Waals surface area contributed by atoms with E-state index in [4.69, 9.17) is 22.7 Å². The van der Waals surface area contributed by atoms with E-state index < -0.39 is 0 Å². The molecule has 19 heavy (non-hydrogen) atoms. The van der Waals surface area contributed by atoms with Gasteiger partial charge in [0.25, 0.3) is 0 Å². The number of thiocarbonyl (C=S) groups is 1. The lowest BCUT2D eigenvalue weighted by Crippen LogP contribution is -2.47. The van der Waals surface area contributed by atoms with Crippen molar-refractivity contribution in [3.05, 3.63) is 34.4 Å². The fourth-order valence-electron chi connectivity index (χ4n) is 2.70. The first-order valence-corrected chi connectivity index (χ1v) is 7.08. The van der Waals surface area contributed by atoms with Gasteiger partial charge in [0.1, 0.15) is 11.1 Å². The molecule has 1 aromatic carbocycles. The predicted octanol–water partition coefficient (Wildman–Crippen LogP) is 2.10. The molecule has 1 saturated heterocycles. The van der Waals surface area contributed by atoms with Gasteiger partial charge in [0, 0.05) is 19.6 Å². The molecule has 1 unspecified atom stereocenters. The highest BCUT2D eigenvalue weighted by Crippen LogP contribution is 2.19. The van der Waals surface area contributed by atoms with Gasteiger partial charge in [-0.25, -0.2) is 0 Å². The van der Waals surface area contributed by atoms with E-state index in [2.05, 4.69) is 37.8 Å². The van der Waals surface area contributed by atoms with Gasteiger partial charge in [-0.3, -0.25) is 4.90 Å². The van der Waals surface area contributed by atoms with Crippen molar-refractivity contribution in [1.29, 1.82) is 0 Å². The summed E-state index contributed by atoms with van der Waals surface area (Å²) in [5, 5.41) is 0. The average molecular weight is 278 g/mol. The van der Waals surface area contributed by atoms with Crippen LogP contribution in [-0.4, -0.2) is 35.7 Å². The molecule has 4 heteroatoms. The Morgan fingerprint density at radius 3 is 2.58 bits per heavy atom. The van der Waals surface area contributed by atoms with Crippen LogP contribution in [0.2, 0.25) is 0 Å². The summed E-state index contributed by atoms with van der Waals surface area (Å²) in [5.41, 5.74) is 11.1. The number of ether oxygens (including phenoxy) is 1. The van der Waals surface area contributed by atoms with E-state index in [1.807, 2.05) is 0 Å². The number of hydrogen-bond donors (Lipinski definition) is 1. The van der Waals surface area contributed by atoms with Crippen LogP contribution >= 0.6 is 12.2 Å². The van der Waals surface area contributed by atoms with E-state index in [0.29, 0.717) is 11.6 Å². The highest BCUT2D eigenvalue weighted by Gasteiger charge is 2.23. The predicted molar refractivity (Wildman–Crippen MR) is 82.5 cm³/mol. The van der Waals surface area contributed by atoms with Crippen LogP contribution in [0.1, 0.15) is 22.3 Å². The Labute approximate surface area is 120 Å². The summed E-state index contributed by atoms with van der Waals surface area (Å²) in [4.78, 5) is 2.83. The van der Waals surface area contributed by atoms with Gasteiger partial charge in [0.05, 0.1) is 6.61 Å². The van der Waals surface area contributed by atoms with Crippen LogP contribution in [0.4, 0.5) is 0 Å². The molecule has 3 nitrogen and oxygen atoms in total. The minimum atomic E-state index is -0.102. The quantitative estimate of drug-likeness (QED) is 0.859. The lowest BCUT2D eigenvalue weighted by Gasteiger charge is -2.33. The zero-order valence-corrected chi connectivity index (χ0v) is 12.7. The summed E-state index contributed by atoms with van der Waals surface area (Å²) < 4.78 is 5.58. The van der Waals surface area contributed by atoms with E-state index >= 15 is 0 Å². The number of nitrogens with zero attached hydrogens (tertiary/aromatic N) is 1. The summed E-state index contributed by atoms with van der Waals surface area (Å²) in [7, 11) is 0. The van der Waals surface area contributed by atoms with Crippen molar-refractivity contribution in [3.8, 4) is 0 Å². The second-order valence-electron chi connectivity index (χ2n) is 5.37. The molecule has 0 saturated carbocycles. The number of aryl methyl sites for hydroxylation is 3. The van der Waals surface area contributed by atoms with Crippen molar-refractivity contribution < 1.29 is 4.74 Å². The van der Waals surface area contributed by atoms with Crippen molar-refractivity contribution in [2.24, 2.45) is 5.73 Å². The van der Waals surface area contributed by atoms with Gasteiger partial charge in [-0.15, -0.1) is 0 Å². The van der Waals surface area contributed by atoms with Crippen LogP contribution in [0.25, 0.3) is 0 Å². The molecule has 1 aromatic rings. The van der Waals surface area contributed by atoms with Crippen LogP contribution in [-0.2, 0) is 11.3 Å². The normalized spacial score (nSPS) is 20.5. The van der Waals surface area contributed by atoms with Crippen LogP contribution in [0.5, 0.6) is 0 Å². The summed E-state index contributed by atoms with van der Waals surface area (Å²) in [5.74, 6) is 0. The zero-order valence-electron chi connectivity index (χ0n) is 11.9. The molecule has 2 N–H and O–H groups in total. The van der Waals surface area contributed by atoms with E-state index in [-0.39, 0.29) is 6.10 Å². The molecular formula is C15H22N2OS. The highest BCUT2D eigenvalue weighted by atomic mass is 32.1. The van der Waals surface area contributed by atoms with Crippen molar-refractivity contribution in [3.63, 3.8) is 0 Å². The second kappa shape index (κ2) is 5.99. The van der Waals surface area contributed by atoms with Gasteiger partial charge < -0.3 is 10.5 Å². The second-order valence-corrected chi connectivity index (χ2v) is 5.85. The fourth-order valence-corrected chi connectivity index (χ4v) is 2.84. The van der Waals surface area contributed by atoms with Crippen LogP contribution in [0.15, 0.2) is 12.1 Å². The first kappa shape index (κ1) is 14.4. The Kier molecular flexibility index (Phi) is 4.55. The van der Waals surface area contributed by atoms with Crippen molar-refractivity contribution in [1.82, 2.24) is 4.90 Å². The SMILES string of the molecule is Cc1cc(C)c(CN2CCOC(C(N)=S)C2)c(C)c1. The largest absolute Gasteiger partial charge is 0.391 e. The maximum absolute atomic E-state index is 5.68. The minimum Gasteiger partial charge on any atom is -0.391 e. The molecule has 1 aliphatic heterocycles. The molecule has 1 aliphatic rings. The third-order valence-electron chi connectivity index (χ3n) is 3.69. The molecule has 0 amide bonds. The number of morpholine rings is 1. The lowest BCUT2D eigenvalue weighted by atomic mass is 9.99. The third kappa shape index (κ3) is 3.53. The minimum absolute atomic E-state index is 0.102. The topological polar surface area (TPSA) is 38.5 Å². The highest BCUT2D eigenvalue weighted by molar-refractivity contribution is 7.80. The van der Waals surface area contributed by atoms with Crippen LogP contribution in [0.3, 0.4) is 0 Å². The Hall–Kier alpha value is -0.970. The van der Waals surface area contributed by atoms with E-state index in [1.165, 1.54) is 22.3 Å². The fraction of sp³-hybridized carbons (Fsp3) is 0.533. The molecule has 2 rings (SSSR count). The zero-order chi connectivity index (χ0) is 14.0. The summed E-state index contributed by atoms with van der Waals surface area (Å²) in [6, 6.07) is 4.49. The number of benzene rings is 1. The summed E-state index contributed by atoms with van der Waals surface area (Å²) in [6.45, 7) is 9.88. The molecule has 0 aromatic heterocycles. The number of hydrogen-bond acceptors (Lipinski definition) is 3. The monoisotopic (exact) mass is 278 g/mol. The number of nitrogens with two attached hydrogens (primary N) is 1. The maximum atomic E-state index is 5.68. The van der Waals surface area contributed by atoms with Crippen molar-refractivity contribution in [2.75, 3.05) is 19.7 Å². The summed E-state index contributed by atoms with van der Waals surface area (Å²) in [6.07, 6.45) is -0.102. The van der Waals surface area contributed by atoms with Gasteiger partial charge in [-0.1, -0.05) is 29.9 Å². The van der Waals surface area contributed by atoms with Crippen LogP contribution < -0.4 is 5.73 Å².